The van der Waals surface area contributed by atoms with Crippen molar-refractivity contribution in [1.82, 2.24) is 9.97 Å². The van der Waals surface area contributed by atoms with Crippen molar-refractivity contribution in [1.29, 1.82) is 0 Å². The Kier molecular flexibility index (Phi) is 5.49. The first-order chi connectivity index (χ1) is 14.1. The number of carbonyl (C=O) groups is 1. The van der Waals surface area contributed by atoms with Crippen molar-refractivity contribution in [3.05, 3.63) is 83.1 Å². The second-order valence-electron chi connectivity index (χ2n) is 6.48. The standard InChI is InChI=1S/C23H19ClN2O3/c1-2-28-23(27)17-11-20(22-21(12-17)25-14-26-22)16-5-9-19(10-6-16)29-13-15-3-7-18(24)8-4-15/h3-12,14H,2,13H2,1H3,(H,25,26). The molecule has 0 aliphatic heterocycles. The van der Waals surface area contributed by atoms with E-state index in [-0.39, 0.29) is 5.97 Å². The van der Waals surface area contributed by atoms with E-state index in [1.165, 1.54) is 0 Å². The number of nitrogens with one attached hydrogen (secondary N) is 1. The number of benzene rings is 3. The van der Waals surface area contributed by atoms with E-state index in [2.05, 4.69) is 9.97 Å². The van der Waals surface area contributed by atoms with Gasteiger partial charge < -0.3 is 14.5 Å². The number of hydrogen-bond donors (Lipinski definition) is 1. The maximum Gasteiger partial charge on any atom is 0.338 e. The third-order valence-electron chi connectivity index (χ3n) is 4.52. The van der Waals surface area contributed by atoms with Crippen LogP contribution >= 0.6 is 11.6 Å². The van der Waals surface area contributed by atoms with Crippen molar-refractivity contribution in [2.75, 3.05) is 6.61 Å². The van der Waals surface area contributed by atoms with Crippen LogP contribution in [0.2, 0.25) is 5.02 Å². The molecule has 0 atom stereocenters. The van der Waals surface area contributed by atoms with Crippen LogP contribution in [-0.4, -0.2) is 22.5 Å². The molecule has 3 aromatic carbocycles. The molecule has 4 rings (SSSR count). The Balaban J connectivity index is 1.58. The molecule has 0 radical (unpaired) electrons. The van der Waals surface area contributed by atoms with Gasteiger partial charge in [-0.1, -0.05) is 35.9 Å². The molecule has 4 aromatic rings. The van der Waals surface area contributed by atoms with E-state index >= 15 is 0 Å². The molecule has 1 heterocycles. The Labute approximate surface area is 173 Å². The van der Waals surface area contributed by atoms with Crippen molar-refractivity contribution in [2.24, 2.45) is 0 Å². The Bertz CT molecular complexity index is 1140. The summed E-state index contributed by atoms with van der Waals surface area (Å²) in [7, 11) is 0. The Hall–Kier alpha value is -3.31. The van der Waals surface area contributed by atoms with Gasteiger partial charge in [0.05, 0.1) is 29.5 Å². The monoisotopic (exact) mass is 406 g/mol. The van der Waals surface area contributed by atoms with Crippen LogP contribution in [0.4, 0.5) is 0 Å². The molecule has 0 saturated carbocycles. The number of aromatic nitrogens is 2. The SMILES string of the molecule is CCOC(=O)c1cc(-c2ccc(OCc3ccc(Cl)cc3)cc2)c2nc[nH]c2c1. The third-order valence-corrected chi connectivity index (χ3v) is 4.77. The molecule has 29 heavy (non-hydrogen) atoms. The quantitative estimate of drug-likeness (QED) is 0.421. The molecule has 0 aliphatic carbocycles. The normalized spacial score (nSPS) is 10.8. The topological polar surface area (TPSA) is 64.2 Å². The number of H-pyrrole nitrogens is 1. The minimum atomic E-state index is -0.354. The average Bonchev–Trinajstić information content (AvgIpc) is 3.22. The smallest absolute Gasteiger partial charge is 0.338 e. The number of rotatable bonds is 6. The van der Waals surface area contributed by atoms with E-state index in [1.807, 2.05) is 54.6 Å². The van der Waals surface area contributed by atoms with E-state index in [1.54, 1.807) is 19.3 Å². The highest BCUT2D eigenvalue weighted by Gasteiger charge is 2.14. The molecular weight excluding hydrogens is 388 g/mol. The molecule has 0 amide bonds. The van der Waals surface area contributed by atoms with Gasteiger partial charge in [0, 0.05) is 10.6 Å². The van der Waals surface area contributed by atoms with Gasteiger partial charge in [-0.3, -0.25) is 0 Å². The summed E-state index contributed by atoms with van der Waals surface area (Å²) in [5.41, 5.74) is 4.91. The van der Waals surface area contributed by atoms with Crippen molar-refractivity contribution in [3.8, 4) is 16.9 Å². The summed E-state index contributed by atoms with van der Waals surface area (Å²) < 4.78 is 11.0. The number of nitrogens with zero attached hydrogens (tertiary/aromatic N) is 1. The fourth-order valence-corrected chi connectivity index (χ4v) is 3.21. The molecule has 0 saturated heterocycles. The first-order valence-electron chi connectivity index (χ1n) is 9.26. The minimum absolute atomic E-state index is 0.328. The van der Waals surface area contributed by atoms with Gasteiger partial charge in [-0.05, 0) is 54.4 Å². The lowest BCUT2D eigenvalue weighted by Gasteiger charge is -2.09. The fourth-order valence-electron chi connectivity index (χ4n) is 3.08. The zero-order valence-corrected chi connectivity index (χ0v) is 16.6. The number of hydrogen-bond acceptors (Lipinski definition) is 4. The van der Waals surface area contributed by atoms with Gasteiger partial charge in [-0.25, -0.2) is 9.78 Å². The van der Waals surface area contributed by atoms with Crippen LogP contribution in [-0.2, 0) is 11.3 Å². The number of aromatic amines is 1. The molecule has 6 heteroatoms. The van der Waals surface area contributed by atoms with E-state index in [0.717, 1.165) is 33.5 Å². The minimum Gasteiger partial charge on any atom is -0.489 e. The molecule has 1 N–H and O–H groups in total. The molecule has 1 aromatic heterocycles. The summed E-state index contributed by atoms with van der Waals surface area (Å²) in [6, 6.07) is 18.8. The molecule has 0 aliphatic rings. The molecule has 0 unspecified atom stereocenters. The predicted octanol–water partition coefficient (Wildman–Crippen LogP) is 5.64. The summed E-state index contributed by atoms with van der Waals surface area (Å²) in [6.07, 6.45) is 1.62. The summed E-state index contributed by atoms with van der Waals surface area (Å²) in [5, 5.41) is 0.702. The van der Waals surface area contributed by atoms with Gasteiger partial charge >= 0.3 is 5.97 Å². The van der Waals surface area contributed by atoms with E-state index < -0.39 is 0 Å². The van der Waals surface area contributed by atoms with Gasteiger partial charge in [0.2, 0.25) is 0 Å². The Morgan fingerprint density at radius 1 is 1.07 bits per heavy atom. The fraction of sp³-hybridized carbons (Fsp3) is 0.130. The van der Waals surface area contributed by atoms with Crippen molar-refractivity contribution in [2.45, 2.75) is 13.5 Å². The van der Waals surface area contributed by atoms with E-state index in [0.29, 0.717) is 23.8 Å². The largest absolute Gasteiger partial charge is 0.489 e. The summed E-state index contributed by atoms with van der Waals surface area (Å²) in [6.45, 7) is 2.57. The number of imidazole rings is 1. The predicted molar refractivity (Wildman–Crippen MR) is 113 cm³/mol. The van der Waals surface area contributed by atoms with Gasteiger partial charge in [-0.15, -0.1) is 0 Å². The second kappa shape index (κ2) is 8.37. The Morgan fingerprint density at radius 3 is 2.55 bits per heavy atom. The number of halogens is 1. The number of esters is 1. The first-order valence-corrected chi connectivity index (χ1v) is 9.64. The zero-order chi connectivity index (χ0) is 20.2. The van der Waals surface area contributed by atoms with Gasteiger partial charge in [0.15, 0.2) is 0 Å². The maximum absolute atomic E-state index is 12.2. The molecule has 0 fully saturated rings. The lowest BCUT2D eigenvalue weighted by Crippen LogP contribution is -2.04. The van der Waals surface area contributed by atoms with Crippen LogP contribution in [0.25, 0.3) is 22.2 Å². The molecule has 146 valence electrons. The maximum atomic E-state index is 12.2. The van der Waals surface area contributed by atoms with E-state index in [4.69, 9.17) is 21.1 Å². The summed E-state index contributed by atoms with van der Waals surface area (Å²) in [4.78, 5) is 19.7. The van der Waals surface area contributed by atoms with Crippen molar-refractivity contribution >= 4 is 28.6 Å². The second-order valence-corrected chi connectivity index (χ2v) is 6.92. The summed E-state index contributed by atoms with van der Waals surface area (Å²) >= 11 is 5.91. The molecule has 0 bridgehead atoms. The number of fused-ring (bicyclic) bond motifs is 1. The number of ether oxygens (including phenoxy) is 2. The van der Waals surface area contributed by atoms with Crippen molar-refractivity contribution in [3.63, 3.8) is 0 Å². The lowest BCUT2D eigenvalue weighted by atomic mass is 10.0. The first kappa shape index (κ1) is 19.0. The zero-order valence-electron chi connectivity index (χ0n) is 15.8. The lowest BCUT2D eigenvalue weighted by molar-refractivity contribution is 0.0526. The molecular formula is C23H19ClN2O3. The van der Waals surface area contributed by atoms with E-state index in [9.17, 15) is 4.79 Å². The van der Waals surface area contributed by atoms with Crippen LogP contribution in [0.3, 0.4) is 0 Å². The molecule has 5 nitrogen and oxygen atoms in total. The number of carbonyl (C=O) groups excluding carboxylic acids is 1. The highest BCUT2D eigenvalue weighted by molar-refractivity contribution is 6.30. The Morgan fingerprint density at radius 2 is 1.83 bits per heavy atom. The summed E-state index contributed by atoms with van der Waals surface area (Å²) in [5.74, 6) is 0.400. The van der Waals surface area contributed by atoms with Crippen LogP contribution in [0.15, 0.2) is 67.0 Å². The highest BCUT2D eigenvalue weighted by atomic mass is 35.5. The highest BCUT2D eigenvalue weighted by Crippen LogP contribution is 2.30. The van der Waals surface area contributed by atoms with Gasteiger partial charge in [-0.2, -0.15) is 0 Å². The van der Waals surface area contributed by atoms with Crippen LogP contribution in [0.1, 0.15) is 22.8 Å². The van der Waals surface area contributed by atoms with Gasteiger partial charge in [0.1, 0.15) is 12.4 Å². The van der Waals surface area contributed by atoms with Crippen LogP contribution < -0.4 is 4.74 Å². The average molecular weight is 407 g/mol. The van der Waals surface area contributed by atoms with Crippen LogP contribution in [0.5, 0.6) is 5.75 Å². The van der Waals surface area contributed by atoms with Crippen molar-refractivity contribution < 1.29 is 14.3 Å². The van der Waals surface area contributed by atoms with Gasteiger partial charge in [0.25, 0.3) is 0 Å². The third kappa shape index (κ3) is 4.25. The molecule has 0 spiro atoms. The van der Waals surface area contributed by atoms with Crippen LogP contribution in [0, 0.1) is 0 Å².